The Morgan fingerprint density at radius 3 is 2.92 bits per heavy atom. The first-order valence-electron chi connectivity index (χ1n) is 4.45. The van der Waals surface area contributed by atoms with E-state index in [0.717, 1.165) is 18.7 Å². The number of ether oxygens (including phenoxy) is 1. The zero-order chi connectivity index (χ0) is 9.84. The third-order valence-electron chi connectivity index (χ3n) is 2.30. The molecule has 1 aliphatic rings. The molecule has 0 aromatic heterocycles. The van der Waals surface area contributed by atoms with Crippen LogP contribution in [0.4, 0.5) is 0 Å². The average molecular weight is 184 g/mol. The first kappa shape index (κ1) is 10.2. The molecule has 1 atom stereocenters. The van der Waals surface area contributed by atoms with E-state index in [1.54, 1.807) is 26.0 Å². The molecule has 1 unspecified atom stereocenters. The Labute approximate surface area is 78.6 Å². The van der Waals surface area contributed by atoms with E-state index in [1.165, 1.54) is 0 Å². The molecule has 0 N–H and O–H groups in total. The maximum absolute atomic E-state index is 11.3. The number of amides is 1. The predicted octanol–water partition coefficient (Wildman–Crippen LogP) is 0.672. The van der Waals surface area contributed by atoms with Crippen LogP contribution in [-0.2, 0) is 9.53 Å². The quantitative estimate of drug-likeness (QED) is 0.633. The summed E-state index contributed by atoms with van der Waals surface area (Å²) in [5, 5.41) is 0. The van der Waals surface area contributed by atoms with Crippen molar-refractivity contribution >= 4 is 11.7 Å². The third kappa shape index (κ3) is 2.06. The van der Waals surface area contributed by atoms with Crippen molar-refractivity contribution < 1.29 is 9.53 Å². The van der Waals surface area contributed by atoms with Crippen molar-refractivity contribution in [1.29, 1.82) is 0 Å². The average Bonchev–Trinajstić information content (AvgIpc) is 2.48. The van der Waals surface area contributed by atoms with Crippen LogP contribution in [-0.4, -0.2) is 43.4 Å². The zero-order valence-corrected chi connectivity index (χ0v) is 8.41. The van der Waals surface area contributed by atoms with Crippen molar-refractivity contribution in [2.45, 2.75) is 25.8 Å². The molecule has 0 spiro atoms. The van der Waals surface area contributed by atoms with Gasteiger partial charge in [0, 0.05) is 27.5 Å². The van der Waals surface area contributed by atoms with Gasteiger partial charge in [-0.3, -0.25) is 14.7 Å². The Balaban J connectivity index is 2.73. The lowest BCUT2D eigenvalue weighted by atomic mass is 10.2. The van der Waals surface area contributed by atoms with Crippen LogP contribution in [0, 0.1) is 0 Å². The highest BCUT2D eigenvalue weighted by atomic mass is 16.5. The van der Waals surface area contributed by atoms with Gasteiger partial charge in [-0.15, -0.1) is 0 Å². The second kappa shape index (κ2) is 4.37. The summed E-state index contributed by atoms with van der Waals surface area (Å²) in [6.07, 6.45) is 1.84. The molecule has 1 saturated heterocycles. The highest BCUT2D eigenvalue weighted by Gasteiger charge is 2.31. The van der Waals surface area contributed by atoms with Crippen LogP contribution in [0.15, 0.2) is 4.99 Å². The van der Waals surface area contributed by atoms with Crippen molar-refractivity contribution in [2.24, 2.45) is 4.99 Å². The van der Waals surface area contributed by atoms with E-state index >= 15 is 0 Å². The van der Waals surface area contributed by atoms with Crippen LogP contribution in [0.5, 0.6) is 0 Å². The van der Waals surface area contributed by atoms with Crippen molar-refractivity contribution in [3.05, 3.63) is 0 Å². The Kier molecular flexibility index (Phi) is 3.42. The van der Waals surface area contributed by atoms with Crippen molar-refractivity contribution in [3.8, 4) is 0 Å². The van der Waals surface area contributed by atoms with Gasteiger partial charge in [0.05, 0.1) is 12.6 Å². The molecule has 13 heavy (non-hydrogen) atoms. The number of aliphatic imine (C=N–C) groups is 1. The van der Waals surface area contributed by atoms with Crippen LogP contribution < -0.4 is 0 Å². The fourth-order valence-corrected chi connectivity index (χ4v) is 1.76. The number of carbonyl (C=O) groups is 1. The molecule has 74 valence electrons. The highest BCUT2D eigenvalue weighted by molar-refractivity contribution is 5.99. The molecule has 1 aliphatic heterocycles. The molecule has 4 heteroatoms. The lowest BCUT2D eigenvalue weighted by molar-refractivity contribution is -0.126. The maximum atomic E-state index is 11.3. The summed E-state index contributed by atoms with van der Waals surface area (Å²) in [5.41, 5.74) is 0. The summed E-state index contributed by atoms with van der Waals surface area (Å²) in [6, 6.07) is 0.182. The van der Waals surface area contributed by atoms with Crippen LogP contribution in [0.25, 0.3) is 0 Å². The topological polar surface area (TPSA) is 41.9 Å². The lowest BCUT2D eigenvalue weighted by Gasteiger charge is -2.22. The standard InChI is InChI=1S/C9H16N2O2/c1-7(12)11-8(6-13-3)4-5-9(11)10-2/h8H,4-6H2,1-3H3. The van der Waals surface area contributed by atoms with Gasteiger partial charge in [0.1, 0.15) is 5.84 Å². The van der Waals surface area contributed by atoms with E-state index in [1.807, 2.05) is 0 Å². The van der Waals surface area contributed by atoms with E-state index in [2.05, 4.69) is 4.99 Å². The van der Waals surface area contributed by atoms with Crippen molar-refractivity contribution in [3.63, 3.8) is 0 Å². The van der Waals surface area contributed by atoms with Gasteiger partial charge in [0.2, 0.25) is 5.91 Å². The fourth-order valence-electron chi connectivity index (χ4n) is 1.76. The molecule has 0 bridgehead atoms. The Bertz CT molecular complexity index is 226. The maximum Gasteiger partial charge on any atom is 0.225 e. The minimum absolute atomic E-state index is 0.0557. The molecule has 1 heterocycles. The summed E-state index contributed by atoms with van der Waals surface area (Å²) in [5.74, 6) is 0.940. The Morgan fingerprint density at radius 2 is 2.46 bits per heavy atom. The fraction of sp³-hybridized carbons (Fsp3) is 0.778. The van der Waals surface area contributed by atoms with Crippen LogP contribution in [0.1, 0.15) is 19.8 Å². The van der Waals surface area contributed by atoms with Crippen LogP contribution in [0.3, 0.4) is 0 Å². The molecule has 4 nitrogen and oxygen atoms in total. The Morgan fingerprint density at radius 1 is 1.77 bits per heavy atom. The summed E-state index contributed by atoms with van der Waals surface area (Å²) in [7, 11) is 3.37. The molecule has 1 amide bonds. The number of amidine groups is 1. The first-order chi connectivity index (χ1) is 6.20. The third-order valence-corrected chi connectivity index (χ3v) is 2.30. The second-order valence-electron chi connectivity index (χ2n) is 3.18. The van der Waals surface area contributed by atoms with Crippen LogP contribution in [0.2, 0.25) is 0 Å². The lowest BCUT2D eigenvalue weighted by Crippen LogP contribution is -2.39. The molecular weight excluding hydrogens is 168 g/mol. The zero-order valence-electron chi connectivity index (χ0n) is 8.41. The molecule has 0 aromatic rings. The summed E-state index contributed by atoms with van der Waals surface area (Å²) in [6.45, 7) is 2.16. The number of rotatable bonds is 2. The minimum atomic E-state index is 0.0557. The SMILES string of the molecule is CN=C1CCC(COC)N1C(C)=O. The van der Waals surface area contributed by atoms with Gasteiger partial charge < -0.3 is 4.74 Å². The number of nitrogens with zero attached hydrogens (tertiary/aromatic N) is 2. The van der Waals surface area contributed by atoms with Gasteiger partial charge in [0.25, 0.3) is 0 Å². The second-order valence-corrected chi connectivity index (χ2v) is 3.18. The number of carbonyl (C=O) groups excluding carboxylic acids is 1. The van der Waals surface area contributed by atoms with E-state index in [4.69, 9.17) is 4.74 Å². The normalized spacial score (nSPS) is 25.6. The van der Waals surface area contributed by atoms with Gasteiger partial charge in [-0.1, -0.05) is 0 Å². The molecule has 0 aromatic carbocycles. The van der Waals surface area contributed by atoms with E-state index in [0.29, 0.717) is 6.61 Å². The Hall–Kier alpha value is -0.900. The number of hydrogen-bond donors (Lipinski definition) is 0. The largest absolute Gasteiger partial charge is 0.383 e. The number of methoxy groups -OCH3 is 1. The van der Waals surface area contributed by atoms with Crippen molar-refractivity contribution in [1.82, 2.24) is 4.90 Å². The molecular formula is C9H16N2O2. The van der Waals surface area contributed by atoms with E-state index < -0.39 is 0 Å². The minimum Gasteiger partial charge on any atom is -0.383 e. The smallest absolute Gasteiger partial charge is 0.225 e. The van der Waals surface area contributed by atoms with E-state index in [-0.39, 0.29) is 11.9 Å². The van der Waals surface area contributed by atoms with Gasteiger partial charge in [0.15, 0.2) is 0 Å². The van der Waals surface area contributed by atoms with Gasteiger partial charge in [-0.25, -0.2) is 0 Å². The first-order valence-corrected chi connectivity index (χ1v) is 4.45. The number of likely N-dealkylation sites (tertiary alicyclic amines) is 1. The molecule has 0 saturated carbocycles. The predicted molar refractivity (Wildman–Crippen MR) is 50.8 cm³/mol. The monoisotopic (exact) mass is 184 g/mol. The van der Waals surface area contributed by atoms with E-state index in [9.17, 15) is 4.79 Å². The van der Waals surface area contributed by atoms with Gasteiger partial charge in [-0.05, 0) is 6.42 Å². The highest BCUT2D eigenvalue weighted by Crippen LogP contribution is 2.19. The van der Waals surface area contributed by atoms with Gasteiger partial charge >= 0.3 is 0 Å². The summed E-state index contributed by atoms with van der Waals surface area (Å²) >= 11 is 0. The molecule has 0 radical (unpaired) electrons. The summed E-state index contributed by atoms with van der Waals surface area (Å²) in [4.78, 5) is 17.1. The molecule has 0 aliphatic carbocycles. The molecule has 1 rings (SSSR count). The number of hydrogen-bond acceptors (Lipinski definition) is 3. The summed E-state index contributed by atoms with van der Waals surface area (Å²) < 4.78 is 5.05. The van der Waals surface area contributed by atoms with Crippen molar-refractivity contribution in [2.75, 3.05) is 20.8 Å². The van der Waals surface area contributed by atoms with Gasteiger partial charge in [-0.2, -0.15) is 0 Å². The molecule has 1 fully saturated rings. The van der Waals surface area contributed by atoms with Crippen LogP contribution >= 0.6 is 0 Å².